The Morgan fingerprint density at radius 3 is 2.30 bits per heavy atom. The molecular formula is C15H20N2O5S. The van der Waals surface area contributed by atoms with Crippen LogP contribution < -0.4 is 0 Å². The average molecular weight is 340 g/mol. The van der Waals surface area contributed by atoms with Crippen LogP contribution in [-0.4, -0.2) is 66.5 Å². The smallest absolute Gasteiger partial charge is 0.335 e. The Morgan fingerprint density at radius 2 is 1.83 bits per heavy atom. The van der Waals surface area contributed by atoms with E-state index in [9.17, 15) is 18.0 Å². The lowest BCUT2D eigenvalue weighted by Crippen LogP contribution is -2.55. The minimum atomic E-state index is -3.26. The molecule has 1 aliphatic heterocycles. The molecule has 0 radical (unpaired) electrons. The summed E-state index contributed by atoms with van der Waals surface area (Å²) < 4.78 is 24.7. The van der Waals surface area contributed by atoms with Crippen molar-refractivity contribution in [3.8, 4) is 0 Å². The summed E-state index contributed by atoms with van der Waals surface area (Å²) in [5.74, 6) is -1.10. The molecule has 1 heterocycles. The van der Waals surface area contributed by atoms with Crippen molar-refractivity contribution in [1.82, 2.24) is 9.21 Å². The van der Waals surface area contributed by atoms with Crippen LogP contribution in [0.5, 0.6) is 0 Å². The second-order valence-corrected chi connectivity index (χ2v) is 7.68. The van der Waals surface area contributed by atoms with Crippen LogP contribution in [0.15, 0.2) is 24.3 Å². The van der Waals surface area contributed by atoms with Gasteiger partial charge in [-0.05, 0) is 24.6 Å². The number of carbonyl (C=O) groups excluding carboxylic acids is 1. The number of aromatic carboxylic acids is 1. The van der Waals surface area contributed by atoms with Crippen molar-refractivity contribution in [2.24, 2.45) is 0 Å². The van der Waals surface area contributed by atoms with E-state index in [-0.39, 0.29) is 23.9 Å². The summed E-state index contributed by atoms with van der Waals surface area (Å²) in [6.45, 7) is 2.80. The molecular weight excluding hydrogens is 320 g/mol. The molecule has 0 bridgehead atoms. The zero-order valence-corrected chi connectivity index (χ0v) is 13.9. The Bertz CT molecular complexity index is 699. The van der Waals surface area contributed by atoms with Crippen LogP contribution in [-0.2, 0) is 21.2 Å². The Kier molecular flexibility index (Phi) is 5.06. The molecule has 1 aromatic carbocycles. The lowest BCUT2D eigenvalue weighted by molar-refractivity contribution is -0.132. The molecule has 8 heteroatoms. The van der Waals surface area contributed by atoms with Gasteiger partial charge in [0.15, 0.2) is 0 Å². The first-order valence-electron chi connectivity index (χ1n) is 7.25. The van der Waals surface area contributed by atoms with Crippen LogP contribution in [0.2, 0.25) is 0 Å². The van der Waals surface area contributed by atoms with Crippen molar-refractivity contribution in [3.63, 3.8) is 0 Å². The number of rotatable bonds is 4. The van der Waals surface area contributed by atoms with Gasteiger partial charge >= 0.3 is 5.97 Å². The van der Waals surface area contributed by atoms with Crippen LogP contribution in [0.4, 0.5) is 0 Å². The van der Waals surface area contributed by atoms with Gasteiger partial charge in [0.25, 0.3) is 0 Å². The van der Waals surface area contributed by atoms with Crippen molar-refractivity contribution in [2.45, 2.75) is 19.4 Å². The minimum absolute atomic E-state index is 0.0897. The lowest BCUT2D eigenvalue weighted by Gasteiger charge is -2.38. The summed E-state index contributed by atoms with van der Waals surface area (Å²) in [5, 5.41) is 8.85. The van der Waals surface area contributed by atoms with E-state index in [1.807, 2.05) is 0 Å². The molecule has 1 amide bonds. The molecule has 0 aromatic heterocycles. The first-order chi connectivity index (χ1) is 10.7. The summed E-state index contributed by atoms with van der Waals surface area (Å²) in [5.41, 5.74) is 0.912. The van der Waals surface area contributed by atoms with E-state index >= 15 is 0 Å². The third-order valence-electron chi connectivity index (χ3n) is 3.90. The van der Waals surface area contributed by atoms with E-state index in [0.717, 1.165) is 5.56 Å². The van der Waals surface area contributed by atoms with Crippen molar-refractivity contribution in [2.75, 3.05) is 25.9 Å². The van der Waals surface area contributed by atoms with E-state index in [1.165, 1.54) is 22.7 Å². The molecule has 2 rings (SSSR count). The predicted octanol–water partition coefficient (Wildman–Crippen LogP) is 0.420. The van der Waals surface area contributed by atoms with Crippen LogP contribution in [0.1, 0.15) is 22.8 Å². The highest BCUT2D eigenvalue weighted by molar-refractivity contribution is 7.88. The molecule has 1 saturated heterocycles. The first-order valence-corrected chi connectivity index (χ1v) is 9.10. The number of piperazine rings is 1. The second-order valence-electron chi connectivity index (χ2n) is 5.74. The van der Waals surface area contributed by atoms with E-state index < -0.39 is 16.0 Å². The molecule has 126 valence electrons. The summed E-state index contributed by atoms with van der Waals surface area (Å²) in [6.07, 6.45) is 1.34. The van der Waals surface area contributed by atoms with Gasteiger partial charge in [0.1, 0.15) is 0 Å². The number of amides is 1. The van der Waals surface area contributed by atoms with Gasteiger partial charge in [0.05, 0.1) is 18.2 Å². The summed E-state index contributed by atoms with van der Waals surface area (Å²) in [7, 11) is -3.26. The molecule has 1 atom stereocenters. The Morgan fingerprint density at radius 1 is 1.22 bits per heavy atom. The molecule has 7 nitrogen and oxygen atoms in total. The zero-order chi connectivity index (χ0) is 17.2. The first kappa shape index (κ1) is 17.4. The maximum Gasteiger partial charge on any atom is 0.335 e. The van der Waals surface area contributed by atoms with Gasteiger partial charge in [-0.15, -0.1) is 0 Å². The Labute approximate surface area is 135 Å². The molecule has 0 unspecified atom stereocenters. The average Bonchev–Trinajstić information content (AvgIpc) is 2.46. The molecule has 1 N–H and O–H groups in total. The number of carboxylic acids is 1. The van der Waals surface area contributed by atoms with Gasteiger partial charge in [-0.2, -0.15) is 4.31 Å². The van der Waals surface area contributed by atoms with Gasteiger partial charge in [0.2, 0.25) is 15.9 Å². The van der Waals surface area contributed by atoms with Crippen molar-refractivity contribution in [1.29, 1.82) is 0 Å². The standard InChI is InChI=1S/C15H20N2O5S/c1-11-10-16(7-8-17(11)23(2,21)22)14(18)9-12-3-5-13(6-4-12)15(19)20/h3-6,11H,7-10H2,1-2H3,(H,19,20)/t11-/m0/s1. The van der Waals surface area contributed by atoms with E-state index in [1.54, 1.807) is 24.0 Å². The van der Waals surface area contributed by atoms with Gasteiger partial charge in [-0.25, -0.2) is 13.2 Å². The van der Waals surface area contributed by atoms with Crippen LogP contribution in [0, 0.1) is 0 Å². The summed E-state index contributed by atoms with van der Waals surface area (Å²) in [4.78, 5) is 24.8. The monoisotopic (exact) mass is 340 g/mol. The number of carbonyl (C=O) groups is 2. The number of benzene rings is 1. The van der Waals surface area contributed by atoms with Crippen LogP contribution >= 0.6 is 0 Å². The fourth-order valence-electron chi connectivity index (χ4n) is 2.71. The number of carboxylic acid groups (broad SMARTS) is 1. The molecule has 0 saturated carbocycles. The lowest BCUT2D eigenvalue weighted by atomic mass is 10.1. The van der Waals surface area contributed by atoms with E-state index in [2.05, 4.69) is 0 Å². The topological polar surface area (TPSA) is 95.0 Å². The fraction of sp³-hybridized carbons (Fsp3) is 0.467. The third-order valence-corrected chi connectivity index (χ3v) is 5.30. The summed E-state index contributed by atoms with van der Waals surface area (Å²) in [6, 6.07) is 5.93. The van der Waals surface area contributed by atoms with E-state index in [0.29, 0.717) is 19.6 Å². The molecule has 1 aromatic rings. The molecule has 1 fully saturated rings. The fourth-order valence-corrected chi connectivity index (χ4v) is 3.85. The van der Waals surface area contributed by atoms with E-state index in [4.69, 9.17) is 5.11 Å². The predicted molar refractivity (Wildman–Crippen MR) is 84.7 cm³/mol. The van der Waals surface area contributed by atoms with Crippen molar-refractivity contribution in [3.05, 3.63) is 35.4 Å². The number of nitrogens with zero attached hydrogens (tertiary/aromatic N) is 2. The Hall–Kier alpha value is -1.93. The van der Waals surface area contributed by atoms with Crippen molar-refractivity contribution < 1.29 is 23.1 Å². The zero-order valence-electron chi connectivity index (χ0n) is 13.1. The Balaban J connectivity index is 1.98. The summed E-state index contributed by atoms with van der Waals surface area (Å²) >= 11 is 0. The van der Waals surface area contributed by atoms with Gasteiger partial charge in [0, 0.05) is 25.7 Å². The molecule has 0 aliphatic carbocycles. The van der Waals surface area contributed by atoms with Gasteiger partial charge in [-0.1, -0.05) is 12.1 Å². The molecule has 1 aliphatic rings. The van der Waals surface area contributed by atoms with Crippen molar-refractivity contribution >= 4 is 21.9 Å². The minimum Gasteiger partial charge on any atom is -0.478 e. The highest BCUT2D eigenvalue weighted by Crippen LogP contribution is 2.15. The quantitative estimate of drug-likeness (QED) is 0.857. The second kappa shape index (κ2) is 6.67. The van der Waals surface area contributed by atoms with Crippen LogP contribution in [0.25, 0.3) is 0 Å². The third kappa shape index (κ3) is 4.29. The largest absolute Gasteiger partial charge is 0.478 e. The maximum absolute atomic E-state index is 12.3. The normalized spacial score (nSPS) is 19.6. The highest BCUT2D eigenvalue weighted by atomic mass is 32.2. The highest BCUT2D eigenvalue weighted by Gasteiger charge is 2.31. The number of sulfonamides is 1. The SMILES string of the molecule is C[C@H]1CN(C(=O)Cc2ccc(C(=O)O)cc2)CCN1S(C)(=O)=O. The van der Waals surface area contributed by atoms with Gasteiger partial charge < -0.3 is 10.0 Å². The number of hydrogen-bond acceptors (Lipinski definition) is 4. The van der Waals surface area contributed by atoms with Crippen LogP contribution in [0.3, 0.4) is 0 Å². The maximum atomic E-state index is 12.3. The van der Waals surface area contributed by atoms with Gasteiger partial charge in [-0.3, -0.25) is 4.79 Å². The molecule has 0 spiro atoms. The molecule has 23 heavy (non-hydrogen) atoms. The number of hydrogen-bond donors (Lipinski definition) is 1.